The fraction of sp³-hybridized carbons (Fsp3) is 0.471. The zero-order valence-electron chi connectivity index (χ0n) is 13.2. The van der Waals surface area contributed by atoms with Crippen LogP contribution >= 0.6 is 0 Å². The number of hydrogen-bond donors (Lipinski definition) is 0. The predicted octanol–water partition coefficient (Wildman–Crippen LogP) is 4.38. The summed E-state index contributed by atoms with van der Waals surface area (Å²) in [7, 11) is 0.851. The Morgan fingerprint density at radius 2 is 1.91 bits per heavy atom. The summed E-state index contributed by atoms with van der Waals surface area (Å²) >= 11 is 0. The van der Waals surface area contributed by atoms with E-state index in [-0.39, 0.29) is 5.56 Å². The first-order valence-electron chi connectivity index (χ1n) is 7.29. The molecule has 0 aliphatic heterocycles. The van der Waals surface area contributed by atoms with E-state index in [1.807, 2.05) is 0 Å². The molecular weight excluding hydrogens is 309 g/mol. The predicted molar refractivity (Wildman–Crippen MR) is 80.8 cm³/mol. The topological polar surface area (TPSA) is 35.5 Å². The van der Waals surface area contributed by atoms with Gasteiger partial charge in [0.2, 0.25) is 0 Å². The van der Waals surface area contributed by atoms with Crippen molar-refractivity contribution in [2.24, 2.45) is 0 Å². The smallest absolute Gasteiger partial charge is 0.432 e. The quantitative estimate of drug-likeness (QED) is 0.403. The Balaban J connectivity index is 3.06. The van der Waals surface area contributed by atoms with Crippen molar-refractivity contribution in [3.63, 3.8) is 0 Å². The summed E-state index contributed by atoms with van der Waals surface area (Å²) < 4.78 is 50.6. The molecule has 0 aliphatic carbocycles. The van der Waals surface area contributed by atoms with Gasteiger partial charge in [0.05, 0.1) is 6.10 Å². The monoisotopic (exact) mass is 330 g/mol. The molecule has 0 amide bonds. The summed E-state index contributed by atoms with van der Waals surface area (Å²) in [6.45, 7) is 5.12. The number of carbonyl (C=O) groups is 1. The number of allylic oxidation sites excluding steroid dienone is 1. The summed E-state index contributed by atoms with van der Waals surface area (Å²) in [5.74, 6) is -1.45. The molecule has 0 aromatic heterocycles. The molecule has 0 fully saturated rings. The second-order valence-electron chi connectivity index (χ2n) is 5.18. The van der Waals surface area contributed by atoms with E-state index < -0.39 is 23.9 Å². The van der Waals surface area contributed by atoms with Gasteiger partial charge in [-0.15, -0.1) is 6.58 Å². The molecule has 0 unspecified atom stereocenters. The Labute approximate surface area is 134 Å². The molecule has 3 nitrogen and oxygen atoms in total. The molecule has 0 N–H and O–H groups in total. The van der Waals surface area contributed by atoms with Crippen LogP contribution in [-0.4, -0.2) is 25.4 Å². The second kappa shape index (κ2) is 8.15. The highest BCUT2D eigenvalue weighted by molar-refractivity contribution is 5.82. The highest BCUT2D eigenvalue weighted by Crippen LogP contribution is 2.43. The summed E-state index contributed by atoms with van der Waals surface area (Å²) in [5.41, 5.74) is -3.43. The molecule has 6 heteroatoms. The van der Waals surface area contributed by atoms with E-state index in [0.29, 0.717) is 19.3 Å². The molecule has 128 valence electrons. The van der Waals surface area contributed by atoms with Crippen LogP contribution in [0, 0.1) is 0 Å². The van der Waals surface area contributed by atoms with Crippen LogP contribution in [0.25, 0.3) is 0 Å². The molecule has 1 aromatic rings. The van der Waals surface area contributed by atoms with Crippen molar-refractivity contribution in [1.29, 1.82) is 0 Å². The number of benzene rings is 1. The van der Waals surface area contributed by atoms with E-state index in [1.54, 1.807) is 19.1 Å². The van der Waals surface area contributed by atoms with Crippen LogP contribution in [0.3, 0.4) is 0 Å². The van der Waals surface area contributed by atoms with E-state index in [0.717, 1.165) is 7.11 Å². The summed E-state index contributed by atoms with van der Waals surface area (Å²) in [6, 6.07) is 6.77. The Morgan fingerprint density at radius 3 is 2.39 bits per heavy atom. The van der Waals surface area contributed by atoms with Crippen LogP contribution in [0.2, 0.25) is 0 Å². The molecule has 0 spiro atoms. The fourth-order valence-electron chi connectivity index (χ4n) is 2.26. The minimum atomic E-state index is -4.94. The van der Waals surface area contributed by atoms with Gasteiger partial charge in [-0.3, -0.25) is 0 Å². The van der Waals surface area contributed by atoms with Crippen LogP contribution in [0.1, 0.15) is 31.7 Å². The Hall–Kier alpha value is -1.82. The molecule has 1 rings (SSSR count). The van der Waals surface area contributed by atoms with Crippen molar-refractivity contribution in [2.45, 2.75) is 44.1 Å². The molecule has 0 saturated carbocycles. The number of methoxy groups -OCH3 is 1. The van der Waals surface area contributed by atoms with Crippen LogP contribution in [0.4, 0.5) is 13.2 Å². The van der Waals surface area contributed by atoms with Crippen LogP contribution in [0.5, 0.6) is 0 Å². The lowest BCUT2D eigenvalue weighted by molar-refractivity contribution is -0.278. The van der Waals surface area contributed by atoms with Gasteiger partial charge in [-0.25, -0.2) is 4.79 Å². The third-order valence-electron chi connectivity index (χ3n) is 3.50. The van der Waals surface area contributed by atoms with Gasteiger partial charge in [-0.2, -0.15) is 13.2 Å². The molecule has 0 heterocycles. The molecule has 23 heavy (non-hydrogen) atoms. The van der Waals surface area contributed by atoms with Gasteiger partial charge in [-0.1, -0.05) is 36.4 Å². The van der Waals surface area contributed by atoms with E-state index in [2.05, 4.69) is 11.3 Å². The zero-order valence-corrected chi connectivity index (χ0v) is 13.2. The van der Waals surface area contributed by atoms with Crippen LogP contribution < -0.4 is 0 Å². The van der Waals surface area contributed by atoms with Gasteiger partial charge in [0.1, 0.15) is 0 Å². The van der Waals surface area contributed by atoms with Crippen molar-refractivity contribution in [2.75, 3.05) is 7.11 Å². The number of rotatable bonds is 8. The number of hydrogen-bond acceptors (Lipinski definition) is 3. The van der Waals surface area contributed by atoms with E-state index in [9.17, 15) is 18.0 Å². The third-order valence-corrected chi connectivity index (χ3v) is 3.50. The minimum Gasteiger partial charge on any atom is -0.460 e. The minimum absolute atomic E-state index is 0.307. The van der Waals surface area contributed by atoms with Gasteiger partial charge >= 0.3 is 12.1 Å². The first-order chi connectivity index (χ1) is 10.8. The van der Waals surface area contributed by atoms with Gasteiger partial charge in [0.25, 0.3) is 5.60 Å². The molecule has 0 radical (unpaired) electrons. The zero-order chi connectivity index (χ0) is 17.5. The molecule has 1 aromatic carbocycles. The van der Waals surface area contributed by atoms with E-state index in [4.69, 9.17) is 4.74 Å². The number of esters is 1. The summed E-state index contributed by atoms with van der Waals surface area (Å²) in [5, 5.41) is 0. The van der Waals surface area contributed by atoms with E-state index in [1.165, 1.54) is 24.3 Å². The number of halogens is 3. The van der Waals surface area contributed by atoms with Crippen molar-refractivity contribution >= 4 is 5.97 Å². The first kappa shape index (κ1) is 19.2. The lowest BCUT2D eigenvalue weighted by Crippen LogP contribution is -2.52. The fourth-order valence-corrected chi connectivity index (χ4v) is 2.26. The maximum atomic E-state index is 13.6. The number of ether oxygens (including phenoxy) is 2. The summed E-state index contributed by atoms with van der Waals surface area (Å²) in [4.78, 5) is 12.3. The highest BCUT2D eigenvalue weighted by Gasteiger charge is 2.64. The normalized spacial score (nSPS) is 15.5. The lowest BCUT2D eigenvalue weighted by atomic mass is 9.92. The van der Waals surface area contributed by atoms with Gasteiger partial charge in [0, 0.05) is 12.7 Å². The standard InChI is InChI=1S/C17H21F3O3/c1-4-5-7-10-13(2)23-15(21)16(22-3,17(18,19)20)14-11-8-6-9-12-14/h4,6,8-9,11-13H,1,5,7,10H2,2-3H3/t13-,16+/m0/s1. The molecular formula is C17H21F3O3. The maximum absolute atomic E-state index is 13.6. The third kappa shape index (κ3) is 4.34. The molecule has 0 bridgehead atoms. The van der Waals surface area contributed by atoms with Gasteiger partial charge in [-0.05, 0) is 26.2 Å². The highest BCUT2D eigenvalue weighted by atomic mass is 19.4. The largest absolute Gasteiger partial charge is 0.460 e. The van der Waals surface area contributed by atoms with Crippen LogP contribution in [0.15, 0.2) is 43.0 Å². The lowest BCUT2D eigenvalue weighted by Gasteiger charge is -2.33. The van der Waals surface area contributed by atoms with Crippen LogP contribution in [-0.2, 0) is 19.9 Å². The van der Waals surface area contributed by atoms with Crippen molar-refractivity contribution < 1.29 is 27.4 Å². The van der Waals surface area contributed by atoms with Crippen molar-refractivity contribution in [1.82, 2.24) is 0 Å². The number of unbranched alkanes of at least 4 members (excludes halogenated alkanes) is 1. The number of alkyl halides is 3. The second-order valence-corrected chi connectivity index (χ2v) is 5.18. The SMILES string of the molecule is C=CCCC[C@H](C)OC(=O)[C@](OC)(c1ccccc1)C(F)(F)F. The molecule has 2 atom stereocenters. The number of carbonyl (C=O) groups excluding carboxylic acids is 1. The van der Waals surface area contributed by atoms with E-state index >= 15 is 0 Å². The van der Waals surface area contributed by atoms with Crippen molar-refractivity contribution in [3.05, 3.63) is 48.6 Å². The average molecular weight is 330 g/mol. The van der Waals surface area contributed by atoms with Crippen molar-refractivity contribution in [3.8, 4) is 0 Å². The Morgan fingerprint density at radius 1 is 1.30 bits per heavy atom. The summed E-state index contributed by atoms with van der Waals surface area (Å²) in [6.07, 6.45) is -2.06. The molecule has 0 saturated heterocycles. The first-order valence-corrected chi connectivity index (χ1v) is 7.29. The maximum Gasteiger partial charge on any atom is 0.432 e. The molecule has 0 aliphatic rings. The Kier molecular flexibility index (Phi) is 6.81. The van der Waals surface area contributed by atoms with Gasteiger partial charge in [0.15, 0.2) is 0 Å². The van der Waals surface area contributed by atoms with Gasteiger partial charge < -0.3 is 9.47 Å². The average Bonchev–Trinajstić information content (AvgIpc) is 2.48. The Bertz CT molecular complexity index is 514.